The van der Waals surface area contributed by atoms with Crippen LogP contribution in [-0.4, -0.2) is 38.9 Å². The number of nitrogens with zero attached hydrogens (tertiary/aromatic N) is 3. The molecule has 0 bridgehead atoms. The lowest BCUT2D eigenvalue weighted by atomic mass is 10.1. The van der Waals surface area contributed by atoms with Gasteiger partial charge >= 0.3 is 0 Å². The molecule has 0 spiro atoms. The van der Waals surface area contributed by atoms with Crippen molar-refractivity contribution in [3.63, 3.8) is 0 Å². The molecular weight excluding hydrogens is 274 g/mol. The zero-order chi connectivity index (χ0) is 15.4. The first-order chi connectivity index (χ1) is 10.7. The molecule has 1 heterocycles. The molecule has 1 atom stereocenters. The van der Waals surface area contributed by atoms with Gasteiger partial charge in [-0.25, -0.2) is 0 Å². The van der Waals surface area contributed by atoms with Gasteiger partial charge in [0.2, 0.25) is 0 Å². The van der Waals surface area contributed by atoms with Gasteiger partial charge in [-0.1, -0.05) is 30.3 Å². The Bertz CT molecular complexity index is 577. The lowest BCUT2D eigenvalue weighted by molar-refractivity contribution is 0.108. The Morgan fingerprint density at radius 2 is 2.09 bits per heavy atom. The Labute approximate surface area is 132 Å². The van der Waals surface area contributed by atoms with E-state index < -0.39 is 0 Å². The van der Waals surface area contributed by atoms with Gasteiger partial charge in [0.1, 0.15) is 0 Å². The van der Waals surface area contributed by atoms with E-state index in [1.54, 1.807) is 0 Å². The van der Waals surface area contributed by atoms with Crippen molar-refractivity contribution in [1.29, 1.82) is 0 Å². The number of hydrogen-bond acceptors (Lipinski definition) is 3. The van der Waals surface area contributed by atoms with Gasteiger partial charge in [-0.3, -0.25) is 9.58 Å². The summed E-state index contributed by atoms with van der Waals surface area (Å²) in [5.74, 6) is 0. The van der Waals surface area contributed by atoms with Crippen molar-refractivity contribution >= 4 is 0 Å². The maximum absolute atomic E-state index is 10.4. The molecule has 3 rings (SSSR count). The van der Waals surface area contributed by atoms with E-state index in [-0.39, 0.29) is 6.10 Å². The predicted octanol–water partition coefficient (Wildman–Crippen LogP) is 2.55. The first-order valence-corrected chi connectivity index (χ1v) is 8.17. The smallest absolute Gasteiger partial charge is 0.0917 e. The molecule has 1 fully saturated rings. The largest absolute Gasteiger partial charge is 0.387 e. The number of aryl methyl sites for hydroxylation is 2. The van der Waals surface area contributed by atoms with Crippen LogP contribution in [0.2, 0.25) is 0 Å². The van der Waals surface area contributed by atoms with Crippen LogP contribution in [0.3, 0.4) is 0 Å². The Balaban J connectivity index is 1.50. The second-order valence-corrected chi connectivity index (χ2v) is 6.28. The predicted molar refractivity (Wildman–Crippen MR) is 87.5 cm³/mol. The minimum atomic E-state index is -0.389. The van der Waals surface area contributed by atoms with Crippen molar-refractivity contribution in [2.75, 3.05) is 13.1 Å². The van der Waals surface area contributed by atoms with Gasteiger partial charge in [0.05, 0.1) is 12.3 Å². The summed E-state index contributed by atoms with van der Waals surface area (Å²) < 4.78 is 1.85. The van der Waals surface area contributed by atoms with Gasteiger partial charge in [-0.05, 0) is 43.4 Å². The molecule has 0 amide bonds. The molecule has 1 N–H and O–H groups in total. The molecule has 1 aromatic heterocycles. The topological polar surface area (TPSA) is 41.3 Å². The highest BCUT2D eigenvalue weighted by molar-refractivity contribution is 5.17. The van der Waals surface area contributed by atoms with Crippen molar-refractivity contribution in [2.45, 2.75) is 37.8 Å². The van der Waals surface area contributed by atoms with E-state index in [9.17, 15) is 5.11 Å². The zero-order valence-corrected chi connectivity index (χ0v) is 13.2. The average molecular weight is 299 g/mol. The van der Waals surface area contributed by atoms with Crippen LogP contribution in [0.4, 0.5) is 0 Å². The summed E-state index contributed by atoms with van der Waals surface area (Å²) in [6, 6.07) is 10.6. The van der Waals surface area contributed by atoms with Gasteiger partial charge in [0, 0.05) is 25.8 Å². The van der Waals surface area contributed by atoms with Crippen LogP contribution in [0.1, 0.15) is 36.5 Å². The third kappa shape index (κ3) is 4.18. The van der Waals surface area contributed by atoms with Crippen molar-refractivity contribution < 1.29 is 5.11 Å². The fourth-order valence-corrected chi connectivity index (χ4v) is 2.95. The summed E-state index contributed by atoms with van der Waals surface area (Å²) in [6.45, 7) is 1.78. The van der Waals surface area contributed by atoms with Gasteiger partial charge in [0.25, 0.3) is 0 Å². The fraction of sp³-hybridized carbons (Fsp3) is 0.500. The van der Waals surface area contributed by atoms with E-state index in [1.807, 2.05) is 48.3 Å². The monoisotopic (exact) mass is 299 g/mol. The van der Waals surface area contributed by atoms with E-state index in [1.165, 1.54) is 18.4 Å². The summed E-state index contributed by atoms with van der Waals surface area (Å²) >= 11 is 0. The van der Waals surface area contributed by atoms with Crippen LogP contribution in [0, 0.1) is 0 Å². The van der Waals surface area contributed by atoms with Crippen molar-refractivity contribution in [2.24, 2.45) is 7.05 Å². The SMILES string of the molecule is Cn1cc(CCCN(C[C@@H](O)c2ccccc2)C2CC2)cn1. The van der Waals surface area contributed by atoms with Crippen molar-refractivity contribution in [3.8, 4) is 0 Å². The summed E-state index contributed by atoms with van der Waals surface area (Å²) in [5, 5.41) is 14.6. The summed E-state index contributed by atoms with van der Waals surface area (Å²) in [5.41, 5.74) is 2.31. The van der Waals surface area contributed by atoms with Crippen LogP contribution in [0.5, 0.6) is 0 Å². The van der Waals surface area contributed by atoms with Crippen molar-refractivity contribution in [1.82, 2.24) is 14.7 Å². The molecule has 0 saturated heterocycles. The Morgan fingerprint density at radius 3 is 2.73 bits per heavy atom. The minimum absolute atomic E-state index is 0.389. The van der Waals surface area contributed by atoms with Gasteiger partial charge in [-0.2, -0.15) is 5.10 Å². The maximum atomic E-state index is 10.4. The zero-order valence-electron chi connectivity index (χ0n) is 13.2. The Kier molecular flexibility index (Phi) is 4.90. The molecular formula is C18H25N3O. The molecule has 118 valence electrons. The van der Waals surface area contributed by atoms with Crippen LogP contribution in [-0.2, 0) is 13.5 Å². The molecule has 1 aliphatic rings. The van der Waals surface area contributed by atoms with Crippen LogP contribution in [0.15, 0.2) is 42.7 Å². The van der Waals surface area contributed by atoms with Gasteiger partial charge in [0.15, 0.2) is 0 Å². The molecule has 1 aromatic carbocycles. The molecule has 1 aliphatic carbocycles. The van der Waals surface area contributed by atoms with E-state index in [0.717, 1.165) is 31.5 Å². The van der Waals surface area contributed by atoms with Crippen LogP contribution >= 0.6 is 0 Å². The van der Waals surface area contributed by atoms with Gasteiger partial charge < -0.3 is 5.11 Å². The van der Waals surface area contributed by atoms with E-state index in [2.05, 4.69) is 16.2 Å². The molecule has 22 heavy (non-hydrogen) atoms. The Hall–Kier alpha value is -1.65. The molecule has 2 aromatic rings. The third-order valence-electron chi connectivity index (χ3n) is 4.32. The highest BCUT2D eigenvalue weighted by Crippen LogP contribution is 2.29. The lowest BCUT2D eigenvalue weighted by Crippen LogP contribution is -2.32. The third-order valence-corrected chi connectivity index (χ3v) is 4.32. The van der Waals surface area contributed by atoms with E-state index in [0.29, 0.717) is 6.04 Å². The number of aliphatic hydroxyl groups excluding tert-OH is 1. The molecule has 0 aliphatic heterocycles. The Morgan fingerprint density at radius 1 is 1.32 bits per heavy atom. The highest BCUT2D eigenvalue weighted by atomic mass is 16.3. The van der Waals surface area contributed by atoms with E-state index in [4.69, 9.17) is 0 Å². The number of aromatic nitrogens is 2. The fourth-order valence-electron chi connectivity index (χ4n) is 2.95. The lowest BCUT2D eigenvalue weighted by Gasteiger charge is -2.25. The first-order valence-electron chi connectivity index (χ1n) is 8.17. The number of aliphatic hydroxyl groups is 1. The molecule has 0 unspecified atom stereocenters. The summed E-state index contributed by atoms with van der Waals surface area (Å²) in [4.78, 5) is 2.45. The van der Waals surface area contributed by atoms with Gasteiger partial charge in [-0.15, -0.1) is 0 Å². The highest BCUT2D eigenvalue weighted by Gasteiger charge is 2.30. The molecule has 1 saturated carbocycles. The maximum Gasteiger partial charge on any atom is 0.0917 e. The number of hydrogen-bond donors (Lipinski definition) is 1. The average Bonchev–Trinajstić information content (AvgIpc) is 3.30. The standard InChI is InChI=1S/C18H25N3O/c1-20-13-15(12-19-20)6-5-11-21(17-9-10-17)14-18(22)16-7-3-2-4-8-16/h2-4,7-8,12-13,17-18,22H,5-6,9-11,14H2,1H3/t18-/m1/s1. The molecule has 0 radical (unpaired) electrons. The first kappa shape index (κ1) is 15.3. The summed E-state index contributed by atoms with van der Waals surface area (Å²) in [6.07, 6.45) is 8.35. The normalized spacial score (nSPS) is 16.1. The minimum Gasteiger partial charge on any atom is -0.387 e. The summed E-state index contributed by atoms with van der Waals surface area (Å²) in [7, 11) is 1.95. The second kappa shape index (κ2) is 7.07. The number of rotatable bonds is 8. The van der Waals surface area contributed by atoms with E-state index >= 15 is 0 Å². The second-order valence-electron chi connectivity index (χ2n) is 6.28. The number of benzene rings is 1. The van der Waals surface area contributed by atoms with Crippen molar-refractivity contribution in [3.05, 3.63) is 53.9 Å². The molecule has 4 heteroatoms. The van der Waals surface area contributed by atoms with Crippen LogP contribution in [0.25, 0.3) is 0 Å². The quantitative estimate of drug-likeness (QED) is 0.814. The molecule has 4 nitrogen and oxygen atoms in total. The van der Waals surface area contributed by atoms with Crippen LogP contribution < -0.4 is 0 Å².